The molecule has 0 saturated carbocycles. The van der Waals surface area contributed by atoms with Crippen molar-refractivity contribution in [3.05, 3.63) is 12.2 Å². The van der Waals surface area contributed by atoms with Gasteiger partial charge >= 0.3 is 6.18 Å². The number of alkyl halides is 3. The second kappa shape index (κ2) is 3.54. The molecule has 54 valence electrons. The molecule has 0 aromatic rings. The maximum atomic E-state index is 11.3. The Balaban J connectivity index is 3.28. The molecule has 0 unspecified atom stereocenters. The third kappa shape index (κ3) is 7.53. The molecule has 0 radical (unpaired) electrons. The first kappa shape index (κ1) is 8.53. The van der Waals surface area contributed by atoms with Gasteiger partial charge in [0, 0.05) is 6.42 Å². The molecule has 0 spiro atoms. The van der Waals surface area contributed by atoms with Gasteiger partial charge in [-0.2, -0.15) is 13.2 Å². The van der Waals surface area contributed by atoms with E-state index in [9.17, 15) is 13.2 Å². The van der Waals surface area contributed by atoms with Crippen molar-refractivity contribution in [3.63, 3.8) is 0 Å². The molecule has 0 amide bonds. The lowest BCUT2D eigenvalue weighted by atomic mass is 10.3. The van der Waals surface area contributed by atoms with Crippen LogP contribution in [0.25, 0.3) is 0 Å². The average Bonchev–Trinajstić information content (AvgIpc) is 1.63. The van der Waals surface area contributed by atoms with E-state index in [1.54, 1.807) is 13.0 Å². The molecule has 0 aromatic heterocycles. The molecule has 0 nitrogen and oxygen atoms in total. The fourth-order valence-electron chi connectivity index (χ4n) is 0.414. The highest BCUT2D eigenvalue weighted by Crippen LogP contribution is 2.21. The zero-order valence-electron chi connectivity index (χ0n) is 5.20. The number of allylic oxidation sites excluding steroid dienone is 2. The van der Waals surface area contributed by atoms with Gasteiger partial charge in [0.15, 0.2) is 0 Å². The smallest absolute Gasteiger partial charge is 0.171 e. The van der Waals surface area contributed by atoms with E-state index in [4.69, 9.17) is 0 Å². The lowest BCUT2D eigenvalue weighted by Gasteiger charge is -2.01. The number of hydrogen-bond donors (Lipinski definition) is 0. The molecule has 9 heavy (non-hydrogen) atoms. The highest BCUT2D eigenvalue weighted by Gasteiger charge is 2.25. The van der Waals surface area contributed by atoms with Gasteiger partial charge in [-0.3, -0.25) is 0 Å². The van der Waals surface area contributed by atoms with Crippen molar-refractivity contribution in [1.29, 1.82) is 0 Å². The molecule has 0 atom stereocenters. The second-order valence-electron chi connectivity index (χ2n) is 1.72. The van der Waals surface area contributed by atoms with Crippen molar-refractivity contribution in [2.45, 2.75) is 25.9 Å². The van der Waals surface area contributed by atoms with E-state index in [0.29, 0.717) is 0 Å². The van der Waals surface area contributed by atoms with Gasteiger partial charge < -0.3 is 0 Å². The van der Waals surface area contributed by atoms with Gasteiger partial charge in [-0.1, -0.05) is 12.2 Å². The SMILES string of the molecule is C/C=C/CCC(F)(F)F. The highest BCUT2D eigenvalue weighted by atomic mass is 19.4. The highest BCUT2D eigenvalue weighted by molar-refractivity contribution is 4.77. The van der Waals surface area contributed by atoms with Crippen LogP contribution < -0.4 is 0 Å². The van der Waals surface area contributed by atoms with E-state index in [-0.39, 0.29) is 6.42 Å². The van der Waals surface area contributed by atoms with Gasteiger partial charge in [0.05, 0.1) is 0 Å². The Kier molecular flexibility index (Phi) is 3.35. The van der Waals surface area contributed by atoms with Crippen molar-refractivity contribution in [3.8, 4) is 0 Å². The molecule has 0 aliphatic heterocycles. The summed E-state index contributed by atoms with van der Waals surface area (Å²) in [5.41, 5.74) is 0. The Hall–Kier alpha value is -0.470. The monoisotopic (exact) mass is 138 g/mol. The van der Waals surface area contributed by atoms with Gasteiger partial charge in [-0.15, -0.1) is 0 Å². The zero-order chi connectivity index (χ0) is 7.33. The van der Waals surface area contributed by atoms with Gasteiger partial charge in [0.2, 0.25) is 0 Å². The molecule has 0 aliphatic rings. The van der Waals surface area contributed by atoms with Crippen LogP contribution in [0.2, 0.25) is 0 Å². The molecule has 0 bridgehead atoms. The number of hydrogen-bond acceptors (Lipinski definition) is 0. The van der Waals surface area contributed by atoms with Crippen LogP contribution in [0.15, 0.2) is 12.2 Å². The van der Waals surface area contributed by atoms with Crippen molar-refractivity contribution in [2.75, 3.05) is 0 Å². The van der Waals surface area contributed by atoms with Crippen molar-refractivity contribution < 1.29 is 13.2 Å². The van der Waals surface area contributed by atoms with E-state index in [1.165, 1.54) is 6.08 Å². The second-order valence-corrected chi connectivity index (χ2v) is 1.72. The van der Waals surface area contributed by atoms with E-state index in [0.717, 1.165) is 0 Å². The largest absolute Gasteiger partial charge is 0.389 e. The number of rotatable bonds is 2. The normalized spacial score (nSPS) is 12.9. The van der Waals surface area contributed by atoms with E-state index >= 15 is 0 Å². The van der Waals surface area contributed by atoms with Crippen LogP contribution in [-0.4, -0.2) is 6.18 Å². The third-order valence-corrected chi connectivity index (χ3v) is 0.830. The Morgan fingerprint density at radius 2 is 1.89 bits per heavy atom. The third-order valence-electron chi connectivity index (χ3n) is 0.830. The summed E-state index contributed by atoms with van der Waals surface area (Å²) >= 11 is 0. The van der Waals surface area contributed by atoms with E-state index < -0.39 is 12.6 Å². The van der Waals surface area contributed by atoms with Gasteiger partial charge in [-0.05, 0) is 13.3 Å². The Labute approximate surface area is 52.4 Å². The van der Waals surface area contributed by atoms with E-state index in [1.807, 2.05) is 0 Å². The summed E-state index contributed by atoms with van der Waals surface area (Å²) in [6, 6.07) is 0. The quantitative estimate of drug-likeness (QED) is 0.514. The summed E-state index contributed by atoms with van der Waals surface area (Å²) in [6.45, 7) is 1.70. The summed E-state index contributed by atoms with van der Waals surface area (Å²) in [6.07, 6.45) is -1.49. The van der Waals surface area contributed by atoms with Crippen molar-refractivity contribution in [1.82, 2.24) is 0 Å². The maximum absolute atomic E-state index is 11.3. The number of halogens is 3. The molecular formula is C6H9F3. The Bertz CT molecular complexity index is 91.0. The topological polar surface area (TPSA) is 0 Å². The molecule has 3 heteroatoms. The molecular weight excluding hydrogens is 129 g/mol. The summed E-state index contributed by atoms with van der Waals surface area (Å²) in [4.78, 5) is 0. The van der Waals surface area contributed by atoms with Crippen LogP contribution in [0.3, 0.4) is 0 Å². The molecule has 0 saturated heterocycles. The van der Waals surface area contributed by atoms with Gasteiger partial charge in [-0.25, -0.2) is 0 Å². The Morgan fingerprint density at radius 1 is 1.33 bits per heavy atom. The summed E-state index contributed by atoms with van der Waals surface area (Å²) in [5.74, 6) is 0. The Morgan fingerprint density at radius 3 is 2.22 bits per heavy atom. The van der Waals surface area contributed by atoms with E-state index in [2.05, 4.69) is 0 Å². The molecule has 0 aliphatic carbocycles. The minimum atomic E-state index is -4.00. The molecule has 0 heterocycles. The molecule has 0 rings (SSSR count). The van der Waals surface area contributed by atoms with Crippen molar-refractivity contribution >= 4 is 0 Å². The first-order chi connectivity index (χ1) is 4.06. The summed E-state index contributed by atoms with van der Waals surface area (Å²) < 4.78 is 34.0. The summed E-state index contributed by atoms with van der Waals surface area (Å²) in [7, 11) is 0. The summed E-state index contributed by atoms with van der Waals surface area (Å²) in [5, 5.41) is 0. The van der Waals surface area contributed by atoms with Crippen LogP contribution in [-0.2, 0) is 0 Å². The van der Waals surface area contributed by atoms with Crippen LogP contribution in [0.1, 0.15) is 19.8 Å². The van der Waals surface area contributed by atoms with Crippen molar-refractivity contribution in [2.24, 2.45) is 0 Å². The predicted octanol–water partition coefficient (Wildman–Crippen LogP) is 2.91. The first-order valence-electron chi connectivity index (χ1n) is 2.74. The lowest BCUT2D eigenvalue weighted by Crippen LogP contribution is -2.05. The van der Waals surface area contributed by atoms with Crippen LogP contribution in [0, 0.1) is 0 Å². The van der Waals surface area contributed by atoms with Crippen LogP contribution in [0.5, 0.6) is 0 Å². The average molecular weight is 138 g/mol. The molecule has 0 fully saturated rings. The predicted molar refractivity (Wildman–Crippen MR) is 30.1 cm³/mol. The fraction of sp³-hybridized carbons (Fsp3) is 0.667. The standard InChI is InChI=1S/C6H9F3/c1-2-3-4-5-6(7,8)9/h2-3H,4-5H2,1H3/b3-2+. The fourth-order valence-corrected chi connectivity index (χ4v) is 0.414. The molecule has 0 N–H and O–H groups in total. The minimum absolute atomic E-state index is 0.0972. The molecule has 0 aromatic carbocycles. The minimum Gasteiger partial charge on any atom is -0.171 e. The van der Waals surface area contributed by atoms with Gasteiger partial charge in [0.1, 0.15) is 0 Å². The lowest BCUT2D eigenvalue weighted by molar-refractivity contribution is -0.133. The maximum Gasteiger partial charge on any atom is 0.389 e. The zero-order valence-corrected chi connectivity index (χ0v) is 5.20. The van der Waals surface area contributed by atoms with Crippen LogP contribution in [0.4, 0.5) is 13.2 Å². The van der Waals surface area contributed by atoms with Crippen LogP contribution >= 0.6 is 0 Å². The van der Waals surface area contributed by atoms with Gasteiger partial charge in [0.25, 0.3) is 0 Å². The first-order valence-corrected chi connectivity index (χ1v) is 2.74.